The fraction of sp³-hybridized carbons (Fsp3) is 0.533. The summed E-state index contributed by atoms with van der Waals surface area (Å²) in [7, 11) is 0. The predicted octanol–water partition coefficient (Wildman–Crippen LogP) is 2.59. The molecule has 0 aromatic heterocycles. The largest absolute Gasteiger partial charge is 0.474 e. The van der Waals surface area contributed by atoms with Crippen LogP contribution in [0.5, 0.6) is 0 Å². The van der Waals surface area contributed by atoms with Gasteiger partial charge in [-0.3, -0.25) is 4.79 Å². The summed E-state index contributed by atoms with van der Waals surface area (Å²) < 4.78 is 5.70. The highest BCUT2D eigenvalue weighted by atomic mass is 16.5. The average molecular weight is 264 g/mol. The van der Waals surface area contributed by atoms with Gasteiger partial charge in [0.2, 0.25) is 0 Å². The lowest BCUT2D eigenvalue weighted by Gasteiger charge is -2.32. The third-order valence-corrected chi connectivity index (χ3v) is 2.92. The fourth-order valence-electron chi connectivity index (χ4n) is 1.65. The second-order valence-corrected chi connectivity index (χ2v) is 6.19. The second kappa shape index (κ2) is 5.11. The number of amides is 1. The number of rotatable bonds is 2. The molecule has 4 nitrogen and oxygen atoms in total. The Kier molecular flexibility index (Phi) is 4.13. The number of nitrogens with two attached hydrogens (primary N) is 1. The Balaban J connectivity index is 3.21. The van der Waals surface area contributed by atoms with Crippen molar-refractivity contribution in [3.05, 3.63) is 35.4 Å². The van der Waals surface area contributed by atoms with Gasteiger partial charge < -0.3 is 15.8 Å². The van der Waals surface area contributed by atoms with Crippen molar-refractivity contribution >= 4 is 5.91 Å². The highest BCUT2D eigenvalue weighted by Gasteiger charge is 2.35. The van der Waals surface area contributed by atoms with Gasteiger partial charge in [0.25, 0.3) is 5.91 Å². The van der Waals surface area contributed by atoms with E-state index < -0.39 is 5.60 Å². The lowest BCUT2D eigenvalue weighted by Crippen LogP contribution is -2.49. The smallest absolute Gasteiger partial charge is 0.269 e. The quantitative estimate of drug-likeness (QED) is 0.753. The van der Waals surface area contributed by atoms with Gasteiger partial charge in [0.1, 0.15) is 5.82 Å². The number of allylic oxidation sites excluding steroid dienone is 4. The van der Waals surface area contributed by atoms with Crippen molar-refractivity contribution in [1.82, 2.24) is 5.32 Å². The molecular formula is C15H24N2O2. The molecular weight excluding hydrogens is 240 g/mol. The second-order valence-electron chi connectivity index (χ2n) is 6.19. The SMILES string of the molecule is C/C=C\C(=C/C1=C(N)NC(=O)C(C)(C)O1)C(C)(C)C. The Morgan fingerprint density at radius 3 is 2.42 bits per heavy atom. The minimum atomic E-state index is -0.909. The zero-order valence-electron chi connectivity index (χ0n) is 12.6. The van der Waals surface area contributed by atoms with Gasteiger partial charge in [-0.05, 0) is 37.8 Å². The van der Waals surface area contributed by atoms with Crippen LogP contribution < -0.4 is 11.1 Å². The highest BCUT2D eigenvalue weighted by molar-refractivity contribution is 5.87. The Labute approximate surface area is 115 Å². The Bertz CT molecular complexity index is 463. The van der Waals surface area contributed by atoms with Gasteiger partial charge >= 0.3 is 0 Å². The van der Waals surface area contributed by atoms with E-state index in [1.54, 1.807) is 13.8 Å². The molecule has 0 aliphatic carbocycles. The standard InChI is InChI=1S/C15H24N2O2/c1-7-8-10(14(2,3)4)9-11-12(16)17-13(18)15(5,6)19-11/h7-9H,16H2,1-6H3,(H,17,18)/b8-7-,10-9+. The van der Waals surface area contributed by atoms with E-state index in [1.165, 1.54) is 0 Å². The van der Waals surface area contributed by atoms with Gasteiger partial charge in [0, 0.05) is 0 Å². The lowest BCUT2D eigenvalue weighted by molar-refractivity contribution is -0.139. The van der Waals surface area contributed by atoms with Crippen LogP contribution in [0.15, 0.2) is 35.4 Å². The van der Waals surface area contributed by atoms with Crippen LogP contribution in [0, 0.1) is 5.41 Å². The Morgan fingerprint density at radius 1 is 1.37 bits per heavy atom. The van der Waals surface area contributed by atoms with Crippen molar-refractivity contribution in [1.29, 1.82) is 0 Å². The first-order valence-electron chi connectivity index (χ1n) is 6.43. The lowest BCUT2D eigenvalue weighted by atomic mass is 9.85. The van der Waals surface area contributed by atoms with Crippen molar-refractivity contribution in [2.24, 2.45) is 11.1 Å². The summed E-state index contributed by atoms with van der Waals surface area (Å²) in [6.45, 7) is 11.7. The first-order valence-corrected chi connectivity index (χ1v) is 6.43. The molecule has 4 heteroatoms. The summed E-state index contributed by atoms with van der Waals surface area (Å²) in [4.78, 5) is 11.7. The number of carbonyl (C=O) groups is 1. The number of ether oxygens (including phenoxy) is 1. The van der Waals surface area contributed by atoms with Crippen LogP contribution in [0.25, 0.3) is 0 Å². The van der Waals surface area contributed by atoms with Gasteiger partial charge in [-0.2, -0.15) is 0 Å². The molecule has 0 aromatic carbocycles. The van der Waals surface area contributed by atoms with Crippen LogP contribution in [-0.4, -0.2) is 11.5 Å². The van der Waals surface area contributed by atoms with E-state index in [2.05, 4.69) is 26.1 Å². The summed E-state index contributed by atoms with van der Waals surface area (Å²) in [6, 6.07) is 0. The zero-order chi connectivity index (χ0) is 14.8. The molecule has 0 saturated carbocycles. The van der Waals surface area contributed by atoms with Crippen LogP contribution in [0.4, 0.5) is 0 Å². The van der Waals surface area contributed by atoms with E-state index >= 15 is 0 Å². The Morgan fingerprint density at radius 2 is 1.95 bits per heavy atom. The average Bonchev–Trinajstić information content (AvgIpc) is 2.23. The molecule has 1 amide bonds. The molecule has 3 N–H and O–H groups in total. The topological polar surface area (TPSA) is 64.3 Å². The first kappa shape index (κ1) is 15.3. The summed E-state index contributed by atoms with van der Waals surface area (Å²) >= 11 is 0. The first-order chi connectivity index (χ1) is 8.58. The number of nitrogens with one attached hydrogen (secondary N) is 1. The number of carbonyl (C=O) groups excluding carboxylic acids is 1. The minimum Gasteiger partial charge on any atom is -0.474 e. The summed E-state index contributed by atoms with van der Waals surface area (Å²) in [5.41, 5.74) is 5.97. The minimum absolute atomic E-state index is 0.0330. The fourth-order valence-corrected chi connectivity index (χ4v) is 1.65. The molecule has 1 aliphatic rings. The molecule has 0 atom stereocenters. The van der Waals surface area contributed by atoms with E-state index in [0.717, 1.165) is 5.57 Å². The summed E-state index contributed by atoms with van der Waals surface area (Å²) in [5.74, 6) is 0.536. The van der Waals surface area contributed by atoms with Crippen LogP contribution in [0.2, 0.25) is 0 Å². The molecule has 1 heterocycles. The zero-order valence-corrected chi connectivity index (χ0v) is 12.6. The maximum atomic E-state index is 11.7. The molecule has 0 radical (unpaired) electrons. The van der Waals surface area contributed by atoms with Gasteiger partial charge in [0.05, 0.1) is 0 Å². The molecule has 0 bridgehead atoms. The molecule has 0 unspecified atom stereocenters. The van der Waals surface area contributed by atoms with Crippen LogP contribution in [0.3, 0.4) is 0 Å². The van der Waals surface area contributed by atoms with E-state index in [9.17, 15) is 4.79 Å². The van der Waals surface area contributed by atoms with Gasteiger partial charge in [-0.25, -0.2) is 0 Å². The maximum Gasteiger partial charge on any atom is 0.269 e. The third-order valence-electron chi connectivity index (χ3n) is 2.92. The highest BCUT2D eigenvalue weighted by Crippen LogP contribution is 2.30. The van der Waals surface area contributed by atoms with E-state index in [1.807, 2.05) is 25.2 Å². The number of hydrogen-bond donors (Lipinski definition) is 2. The molecule has 106 valence electrons. The molecule has 19 heavy (non-hydrogen) atoms. The number of hydrogen-bond acceptors (Lipinski definition) is 3. The van der Waals surface area contributed by atoms with Crippen molar-refractivity contribution in [3.63, 3.8) is 0 Å². The van der Waals surface area contributed by atoms with E-state index in [0.29, 0.717) is 5.76 Å². The van der Waals surface area contributed by atoms with Crippen molar-refractivity contribution in [2.45, 2.75) is 47.1 Å². The molecule has 1 aliphatic heterocycles. The predicted molar refractivity (Wildman–Crippen MR) is 76.9 cm³/mol. The molecule has 0 fully saturated rings. The van der Waals surface area contributed by atoms with Crippen molar-refractivity contribution in [2.75, 3.05) is 0 Å². The summed E-state index contributed by atoms with van der Waals surface area (Å²) in [5, 5.41) is 2.64. The maximum absolute atomic E-state index is 11.7. The monoisotopic (exact) mass is 264 g/mol. The van der Waals surface area contributed by atoms with Crippen LogP contribution in [-0.2, 0) is 9.53 Å². The van der Waals surface area contributed by atoms with Gasteiger partial charge in [-0.1, -0.05) is 32.9 Å². The molecule has 0 spiro atoms. The van der Waals surface area contributed by atoms with Gasteiger partial charge in [0.15, 0.2) is 11.4 Å². The normalized spacial score (nSPS) is 20.5. The third kappa shape index (κ3) is 3.63. The Hall–Kier alpha value is -1.71. The van der Waals surface area contributed by atoms with E-state index in [-0.39, 0.29) is 17.1 Å². The van der Waals surface area contributed by atoms with Crippen molar-refractivity contribution in [3.8, 4) is 0 Å². The van der Waals surface area contributed by atoms with Crippen molar-refractivity contribution < 1.29 is 9.53 Å². The molecule has 0 saturated heterocycles. The van der Waals surface area contributed by atoms with E-state index in [4.69, 9.17) is 10.5 Å². The van der Waals surface area contributed by atoms with Crippen LogP contribution in [0.1, 0.15) is 41.5 Å². The molecule has 0 aromatic rings. The summed E-state index contributed by atoms with van der Waals surface area (Å²) in [6.07, 6.45) is 5.88. The van der Waals surface area contributed by atoms with Gasteiger partial charge in [-0.15, -0.1) is 0 Å². The van der Waals surface area contributed by atoms with Crippen LogP contribution >= 0.6 is 0 Å². The molecule has 1 rings (SSSR count).